The molecule has 2 aliphatic rings. The normalized spacial score (nSPS) is 26.3. The summed E-state index contributed by atoms with van der Waals surface area (Å²) in [6.07, 6.45) is 2.26. The fraction of sp³-hybridized carbons (Fsp3) is 0.278. The molecule has 3 atom stereocenters. The van der Waals surface area contributed by atoms with Crippen LogP contribution in [0.15, 0.2) is 54.6 Å². The SMILES string of the molecule is O=C(Nc1ccccc1)C1C2CCc3ccccc3C21. The molecule has 0 spiro atoms. The summed E-state index contributed by atoms with van der Waals surface area (Å²) in [5.74, 6) is 1.35. The number of para-hydroxylation sites is 1. The van der Waals surface area contributed by atoms with E-state index in [4.69, 9.17) is 0 Å². The molecule has 20 heavy (non-hydrogen) atoms. The predicted octanol–water partition coefficient (Wildman–Crippen LogP) is 3.60. The molecule has 3 unspecified atom stereocenters. The lowest BCUT2D eigenvalue weighted by Gasteiger charge is -2.13. The fourth-order valence-corrected chi connectivity index (χ4v) is 3.67. The molecule has 0 radical (unpaired) electrons. The van der Waals surface area contributed by atoms with Crippen molar-refractivity contribution in [1.82, 2.24) is 0 Å². The van der Waals surface area contributed by atoms with Crippen LogP contribution in [0.1, 0.15) is 23.5 Å². The highest BCUT2D eigenvalue weighted by molar-refractivity contribution is 5.95. The van der Waals surface area contributed by atoms with Crippen molar-refractivity contribution in [1.29, 1.82) is 0 Å². The van der Waals surface area contributed by atoms with E-state index in [1.54, 1.807) is 0 Å². The van der Waals surface area contributed by atoms with Gasteiger partial charge in [0.2, 0.25) is 5.91 Å². The van der Waals surface area contributed by atoms with Gasteiger partial charge in [-0.2, -0.15) is 0 Å². The molecule has 0 saturated heterocycles. The minimum atomic E-state index is 0.166. The van der Waals surface area contributed by atoms with Gasteiger partial charge in [0.1, 0.15) is 0 Å². The number of anilines is 1. The van der Waals surface area contributed by atoms with Crippen LogP contribution < -0.4 is 5.32 Å². The van der Waals surface area contributed by atoms with Crippen molar-refractivity contribution in [2.45, 2.75) is 18.8 Å². The van der Waals surface area contributed by atoms with E-state index in [0.717, 1.165) is 18.5 Å². The minimum Gasteiger partial charge on any atom is -0.326 e. The largest absolute Gasteiger partial charge is 0.326 e. The van der Waals surface area contributed by atoms with Gasteiger partial charge in [0, 0.05) is 11.6 Å². The molecule has 1 saturated carbocycles. The Hall–Kier alpha value is -2.09. The van der Waals surface area contributed by atoms with Crippen LogP contribution in [0.5, 0.6) is 0 Å². The number of carbonyl (C=O) groups excluding carboxylic acids is 1. The topological polar surface area (TPSA) is 29.1 Å². The van der Waals surface area contributed by atoms with Crippen molar-refractivity contribution in [2.24, 2.45) is 11.8 Å². The Morgan fingerprint density at radius 3 is 2.60 bits per heavy atom. The molecule has 0 aromatic heterocycles. The monoisotopic (exact) mass is 263 g/mol. The van der Waals surface area contributed by atoms with E-state index in [1.807, 2.05) is 30.3 Å². The zero-order valence-electron chi connectivity index (χ0n) is 11.3. The number of carbonyl (C=O) groups is 1. The number of hydrogen-bond donors (Lipinski definition) is 1. The summed E-state index contributed by atoms with van der Waals surface area (Å²) in [6, 6.07) is 18.3. The van der Waals surface area contributed by atoms with Gasteiger partial charge in [0.15, 0.2) is 0 Å². The van der Waals surface area contributed by atoms with Gasteiger partial charge in [-0.1, -0.05) is 42.5 Å². The Labute approximate surface area is 118 Å². The van der Waals surface area contributed by atoms with Crippen LogP contribution in [-0.4, -0.2) is 5.91 Å². The van der Waals surface area contributed by atoms with Crippen LogP contribution in [0.4, 0.5) is 5.69 Å². The molecule has 1 N–H and O–H groups in total. The predicted molar refractivity (Wildman–Crippen MR) is 79.6 cm³/mol. The first-order valence-electron chi connectivity index (χ1n) is 7.28. The molecule has 2 aromatic rings. The average Bonchev–Trinajstić information content (AvgIpc) is 3.23. The number of nitrogens with one attached hydrogen (secondary N) is 1. The van der Waals surface area contributed by atoms with E-state index in [-0.39, 0.29) is 11.8 Å². The second-order valence-corrected chi connectivity index (χ2v) is 5.81. The summed E-state index contributed by atoms with van der Waals surface area (Å²) in [5.41, 5.74) is 3.73. The van der Waals surface area contributed by atoms with Gasteiger partial charge in [0.05, 0.1) is 0 Å². The Morgan fingerprint density at radius 1 is 1.00 bits per heavy atom. The third-order valence-electron chi connectivity index (χ3n) is 4.67. The van der Waals surface area contributed by atoms with Gasteiger partial charge >= 0.3 is 0 Å². The molecule has 2 aromatic carbocycles. The number of benzene rings is 2. The molecular formula is C18H17NO. The molecule has 2 heteroatoms. The van der Waals surface area contributed by atoms with Gasteiger partial charge < -0.3 is 5.32 Å². The van der Waals surface area contributed by atoms with Crippen molar-refractivity contribution in [3.05, 3.63) is 65.7 Å². The molecule has 0 heterocycles. The van der Waals surface area contributed by atoms with Gasteiger partial charge in [-0.05, 0) is 47.9 Å². The quantitative estimate of drug-likeness (QED) is 0.881. The lowest BCUT2D eigenvalue weighted by atomic mass is 9.92. The van der Waals surface area contributed by atoms with Crippen molar-refractivity contribution in [3.63, 3.8) is 0 Å². The zero-order valence-corrected chi connectivity index (χ0v) is 11.3. The van der Waals surface area contributed by atoms with Crippen LogP contribution >= 0.6 is 0 Å². The summed E-state index contributed by atoms with van der Waals surface area (Å²) < 4.78 is 0. The first-order chi connectivity index (χ1) is 9.84. The van der Waals surface area contributed by atoms with E-state index >= 15 is 0 Å². The molecule has 2 nitrogen and oxygen atoms in total. The van der Waals surface area contributed by atoms with E-state index in [9.17, 15) is 4.79 Å². The summed E-state index contributed by atoms with van der Waals surface area (Å²) in [4.78, 5) is 12.4. The van der Waals surface area contributed by atoms with E-state index in [0.29, 0.717) is 11.8 Å². The van der Waals surface area contributed by atoms with E-state index in [1.165, 1.54) is 11.1 Å². The van der Waals surface area contributed by atoms with E-state index < -0.39 is 0 Å². The van der Waals surface area contributed by atoms with Gasteiger partial charge in [-0.3, -0.25) is 4.79 Å². The maximum Gasteiger partial charge on any atom is 0.228 e. The van der Waals surface area contributed by atoms with Crippen molar-refractivity contribution < 1.29 is 4.79 Å². The molecule has 0 aliphatic heterocycles. The van der Waals surface area contributed by atoms with Crippen molar-refractivity contribution >= 4 is 11.6 Å². The van der Waals surface area contributed by atoms with Gasteiger partial charge in [-0.15, -0.1) is 0 Å². The smallest absolute Gasteiger partial charge is 0.228 e. The summed E-state index contributed by atoms with van der Waals surface area (Å²) >= 11 is 0. The van der Waals surface area contributed by atoms with Crippen LogP contribution in [-0.2, 0) is 11.2 Å². The van der Waals surface area contributed by atoms with Gasteiger partial charge in [-0.25, -0.2) is 0 Å². The summed E-state index contributed by atoms with van der Waals surface area (Å²) in [6.45, 7) is 0. The number of aryl methyl sites for hydroxylation is 1. The van der Waals surface area contributed by atoms with Crippen molar-refractivity contribution in [2.75, 3.05) is 5.32 Å². The minimum absolute atomic E-state index is 0.166. The third-order valence-corrected chi connectivity index (χ3v) is 4.67. The molecule has 4 rings (SSSR count). The van der Waals surface area contributed by atoms with Crippen molar-refractivity contribution in [3.8, 4) is 0 Å². The number of rotatable bonds is 2. The Kier molecular flexibility index (Phi) is 2.62. The van der Waals surface area contributed by atoms with Crippen LogP contribution in [0.25, 0.3) is 0 Å². The standard InChI is InChI=1S/C18H17NO/c20-18(19-13-7-2-1-3-8-13)17-15-11-10-12-6-4-5-9-14(12)16(15)17/h1-9,15-17H,10-11H2,(H,19,20). The number of fused-ring (bicyclic) bond motifs is 3. The fourth-order valence-electron chi connectivity index (χ4n) is 3.67. The average molecular weight is 263 g/mol. The van der Waals surface area contributed by atoms with Crippen LogP contribution in [0, 0.1) is 11.8 Å². The van der Waals surface area contributed by atoms with Crippen LogP contribution in [0.3, 0.4) is 0 Å². The molecule has 0 bridgehead atoms. The molecule has 100 valence electrons. The second-order valence-electron chi connectivity index (χ2n) is 5.81. The molecule has 1 fully saturated rings. The Bertz CT molecular complexity index is 649. The zero-order chi connectivity index (χ0) is 13.5. The second kappa shape index (κ2) is 4.48. The van der Waals surface area contributed by atoms with E-state index in [2.05, 4.69) is 29.6 Å². The first kappa shape index (κ1) is 11.7. The van der Waals surface area contributed by atoms with Crippen LogP contribution in [0.2, 0.25) is 0 Å². The Balaban J connectivity index is 1.54. The number of amides is 1. The molecular weight excluding hydrogens is 246 g/mol. The third kappa shape index (κ3) is 1.83. The summed E-state index contributed by atoms with van der Waals surface area (Å²) in [7, 11) is 0. The lowest BCUT2D eigenvalue weighted by molar-refractivity contribution is -0.117. The number of hydrogen-bond acceptors (Lipinski definition) is 1. The maximum absolute atomic E-state index is 12.4. The Morgan fingerprint density at radius 2 is 1.75 bits per heavy atom. The highest BCUT2D eigenvalue weighted by Gasteiger charge is 2.56. The van der Waals surface area contributed by atoms with Gasteiger partial charge in [0.25, 0.3) is 0 Å². The lowest BCUT2D eigenvalue weighted by Crippen LogP contribution is -2.15. The maximum atomic E-state index is 12.4. The highest BCUT2D eigenvalue weighted by atomic mass is 16.2. The first-order valence-corrected chi connectivity index (χ1v) is 7.28. The highest BCUT2D eigenvalue weighted by Crippen LogP contribution is 2.60. The molecule has 2 aliphatic carbocycles. The summed E-state index contributed by atoms with van der Waals surface area (Å²) in [5, 5.41) is 3.05. The molecule has 1 amide bonds.